The Labute approximate surface area is 114 Å². The Morgan fingerprint density at radius 2 is 2.25 bits per heavy atom. The van der Waals surface area contributed by atoms with Gasteiger partial charge in [-0.05, 0) is 19.1 Å². The van der Waals surface area contributed by atoms with E-state index in [-0.39, 0.29) is 17.6 Å². The highest BCUT2D eigenvalue weighted by atomic mass is 16.6. The quantitative estimate of drug-likeness (QED) is 0.650. The van der Waals surface area contributed by atoms with Crippen molar-refractivity contribution in [1.82, 2.24) is 15.1 Å². The predicted molar refractivity (Wildman–Crippen MR) is 70.4 cm³/mol. The third-order valence-electron chi connectivity index (χ3n) is 2.50. The van der Waals surface area contributed by atoms with Crippen molar-refractivity contribution >= 4 is 22.8 Å². The van der Waals surface area contributed by atoms with E-state index >= 15 is 0 Å². The summed E-state index contributed by atoms with van der Waals surface area (Å²) < 4.78 is 9.73. The Morgan fingerprint density at radius 3 is 2.95 bits per heavy atom. The van der Waals surface area contributed by atoms with Crippen LogP contribution in [0, 0.1) is 0 Å². The molecule has 0 saturated heterocycles. The number of hydroxylamine groups is 1. The van der Waals surface area contributed by atoms with Gasteiger partial charge in [0.05, 0.1) is 19.2 Å². The summed E-state index contributed by atoms with van der Waals surface area (Å²) >= 11 is 0. The van der Waals surface area contributed by atoms with Crippen molar-refractivity contribution in [1.29, 1.82) is 0 Å². The smallest absolute Gasteiger partial charge is 0.453 e. The molecule has 1 amide bonds. The number of carbonyl (C=O) groups excluding carboxylic acids is 1. The molecule has 0 fully saturated rings. The van der Waals surface area contributed by atoms with Crippen LogP contribution in [0.2, 0.25) is 0 Å². The first kappa shape index (κ1) is 13.8. The molecule has 0 aliphatic carbocycles. The van der Waals surface area contributed by atoms with E-state index < -0.39 is 6.09 Å². The molecule has 2 N–H and O–H groups in total. The van der Waals surface area contributed by atoms with Gasteiger partial charge in [-0.2, -0.15) is 0 Å². The van der Waals surface area contributed by atoms with Crippen molar-refractivity contribution in [2.24, 2.45) is 0 Å². The molecule has 0 saturated carbocycles. The number of rotatable bonds is 4. The lowest BCUT2D eigenvalue weighted by Crippen LogP contribution is -2.33. The molecule has 0 aliphatic heterocycles. The number of carbonyl (C=O) groups is 1. The summed E-state index contributed by atoms with van der Waals surface area (Å²) in [5.41, 5.74) is 3.04. The third-order valence-corrected chi connectivity index (χ3v) is 2.50. The van der Waals surface area contributed by atoms with E-state index in [1.807, 2.05) is 0 Å². The number of anilines is 1. The van der Waals surface area contributed by atoms with Crippen molar-refractivity contribution in [3.05, 3.63) is 24.5 Å². The normalized spacial score (nSPS) is 10.2. The first-order valence-electron chi connectivity index (χ1n) is 5.87. The van der Waals surface area contributed by atoms with Crippen molar-refractivity contribution in [2.75, 3.05) is 19.1 Å². The van der Waals surface area contributed by atoms with Gasteiger partial charge in [0.15, 0.2) is 5.82 Å². The van der Waals surface area contributed by atoms with Crippen LogP contribution in [0.1, 0.15) is 6.92 Å². The minimum atomic E-state index is -0.923. The molecule has 1 aromatic heterocycles. The highest BCUT2D eigenvalue weighted by Crippen LogP contribution is 2.23. The average molecular weight is 278 g/mol. The van der Waals surface area contributed by atoms with Gasteiger partial charge in [0.25, 0.3) is 0 Å². The van der Waals surface area contributed by atoms with Crippen molar-refractivity contribution in [3.8, 4) is 5.75 Å². The van der Waals surface area contributed by atoms with Crippen LogP contribution in [0.4, 0.5) is 10.6 Å². The molecule has 0 radical (unpaired) electrons. The van der Waals surface area contributed by atoms with Gasteiger partial charge in [-0.3, -0.25) is 10.6 Å². The number of hydrogen-bond acceptors (Lipinski definition) is 7. The number of aromatic nitrogens is 2. The Bertz CT molecular complexity index is 619. The molecule has 106 valence electrons. The van der Waals surface area contributed by atoms with E-state index in [1.54, 1.807) is 32.2 Å². The molecule has 1 aromatic carbocycles. The third kappa shape index (κ3) is 2.86. The van der Waals surface area contributed by atoms with E-state index in [9.17, 15) is 10.0 Å². The van der Waals surface area contributed by atoms with Crippen LogP contribution in [0.5, 0.6) is 5.75 Å². The minimum Gasteiger partial charge on any atom is -0.497 e. The van der Waals surface area contributed by atoms with Crippen LogP contribution in [-0.4, -0.2) is 40.2 Å². The van der Waals surface area contributed by atoms with Crippen LogP contribution in [-0.2, 0) is 4.74 Å². The van der Waals surface area contributed by atoms with E-state index in [2.05, 4.69) is 20.1 Å². The van der Waals surface area contributed by atoms with Crippen LogP contribution in [0.25, 0.3) is 10.9 Å². The van der Waals surface area contributed by atoms with E-state index in [4.69, 9.17) is 4.74 Å². The fourth-order valence-corrected chi connectivity index (χ4v) is 1.58. The summed E-state index contributed by atoms with van der Waals surface area (Å²) in [4.78, 5) is 19.4. The number of nitrogens with one attached hydrogen (secondary N) is 1. The summed E-state index contributed by atoms with van der Waals surface area (Å²) in [6.07, 6.45) is 0.385. The standard InChI is InChI=1S/C12H14N4O4/c1-3-20-12(17)16(18)15-11-9-5-4-8(19-2)6-10(9)13-7-14-11/h4-7,18H,3H2,1-2H3,(H,13,14,15). The van der Waals surface area contributed by atoms with Crippen LogP contribution < -0.4 is 10.2 Å². The van der Waals surface area contributed by atoms with Gasteiger partial charge >= 0.3 is 6.09 Å². The fraction of sp³-hybridized carbons (Fsp3) is 0.250. The minimum absolute atomic E-state index is 0.152. The highest BCUT2D eigenvalue weighted by molar-refractivity contribution is 5.90. The van der Waals surface area contributed by atoms with Crippen LogP contribution in [0.15, 0.2) is 24.5 Å². The molecule has 0 atom stereocenters. The first-order valence-corrected chi connectivity index (χ1v) is 5.87. The van der Waals surface area contributed by atoms with Gasteiger partial charge in [-0.25, -0.2) is 14.8 Å². The maximum absolute atomic E-state index is 11.3. The summed E-state index contributed by atoms with van der Waals surface area (Å²) in [7, 11) is 1.55. The molecular weight excluding hydrogens is 264 g/mol. The number of amides is 1. The van der Waals surface area contributed by atoms with Gasteiger partial charge in [-0.1, -0.05) is 5.17 Å². The number of nitrogens with zero attached hydrogens (tertiary/aromatic N) is 3. The Morgan fingerprint density at radius 1 is 1.45 bits per heavy atom. The van der Waals surface area contributed by atoms with E-state index in [1.165, 1.54) is 6.33 Å². The molecule has 2 aromatic rings. The van der Waals surface area contributed by atoms with Crippen molar-refractivity contribution in [3.63, 3.8) is 0 Å². The second-order valence-corrected chi connectivity index (χ2v) is 3.73. The molecule has 2 rings (SSSR count). The Balaban J connectivity index is 2.28. The topological polar surface area (TPSA) is 96.8 Å². The number of fused-ring (bicyclic) bond motifs is 1. The number of hydrogen-bond donors (Lipinski definition) is 2. The van der Waals surface area contributed by atoms with E-state index in [0.29, 0.717) is 16.7 Å². The maximum atomic E-state index is 11.3. The molecule has 0 spiro atoms. The van der Waals surface area contributed by atoms with E-state index in [0.717, 1.165) is 0 Å². The largest absolute Gasteiger partial charge is 0.497 e. The van der Waals surface area contributed by atoms with Gasteiger partial charge in [0.2, 0.25) is 0 Å². The lowest BCUT2D eigenvalue weighted by Gasteiger charge is -2.16. The number of benzene rings is 1. The molecule has 1 heterocycles. The maximum Gasteiger partial charge on any atom is 0.453 e. The average Bonchev–Trinajstić information content (AvgIpc) is 2.47. The zero-order valence-corrected chi connectivity index (χ0v) is 11.0. The molecule has 20 heavy (non-hydrogen) atoms. The molecule has 8 heteroatoms. The predicted octanol–water partition coefficient (Wildman–Crippen LogP) is 1.81. The fourth-order valence-electron chi connectivity index (χ4n) is 1.58. The van der Waals surface area contributed by atoms with Crippen LogP contribution >= 0.6 is 0 Å². The van der Waals surface area contributed by atoms with Crippen molar-refractivity contribution < 1.29 is 19.5 Å². The summed E-state index contributed by atoms with van der Waals surface area (Å²) in [6.45, 7) is 1.79. The monoisotopic (exact) mass is 278 g/mol. The SMILES string of the molecule is CCOC(=O)N(O)Nc1ncnc2cc(OC)ccc12. The summed E-state index contributed by atoms with van der Waals surface area (Å²) in [5, 5.41) is 10.4. The number of ether oxygens (including phenoxy) is 2. The molecule has 0 unspecified atom stereocenters. The molecule has 0 aliphatic rings. The molecule has 0 bridgehead atoms. The Kier molecular flexibility index (Phi) is 4.16. The lowest BCUT2D eigenvalue weighted by atomic mass is 10.2. The molecular formula is C12H14N4O4. The second-order valence-electron chi connectivity index (χ2n) is 3.73. The number of hydrazine groups is 1. The van der Waals surface area contributed by atoms with Gasteiger partial charge in [0, 0.05) is 11.5 Å². The first-order chi connectivity index (χ1) is 9.65. The van der Waals surface area contributed by atoms with Crippen molar-refractivity contribution in [2.45, 2.75) is 6.92 Å². The highest BCUT2D eigenvalue weighted by Gasteiger charge is 2.14. The van der Waals surface area contributed by atoms with Gasteiger partial charge in [0.1, 0.15) is 12.1 Å². The van der Waals surface area contributed by atoms with Gasteiger partial charge < -0.3 is 9.47 Å². The second kappa shape index (κ2) is 6.02. The molecule has 8 nitrogen and oxygen atoms in total. The van der Waals surface area contributed by atoms with Gasteiger partial charge in [-0.15, -0.1) is 0 Å². The van der Waals surface area contributed by atoms with Crippen LogP contribution in [0.3, 0.4) is 0 Å². The zero-order valence-electron chi connectivity index (χ0n) is 11.0. The zero-order chi connectivity index (χ0) is 14.5. The summed E-state index contributed by atoms with van der Waals surface area (Å²) in [5.74, 6) is 0.918. The Hall–Kier alpha value is -2.61. The number of methoxy groups -OCH3 is 1. The lowest BCUT2D eigenvalue weighted by molar-refractivity contribution is -0.0528. The summed E-state index contributed by atoms with van der Waals surface area (Å²) in [6, 6.07) is 5.16.